The van der Waals surface area contributed by atoms with Gasteiger partial charge in [0.25, 0.3) is 0 Å². The second-order valence-corrected chi connectivity index (χ2v) is 3.78. The van der Waals surface area contributed by atoms with E-state index in [1.165, 1.54) is 0 Å². The lowest BCUT2D eigenvalue weighted by molar-refractivity contribution is 0.201. The first-order chi connectivity index (χ1) is 6.81. The average Bonchev–Trinajstić information content (AvgIpc) is 2.59. The van der Waals surface area contributed by atoms with Crippen LogP contribution in [-0.4, -0.2) is 23.3 Å². The van der Waals surface area contributed by atoms with Gasteiger partial charge in [0.15, 0.2) is 0 Å². The smallest absolute Gasteiger partial charge is 0.125 e. The van der Waals surface area contributed by atoms with Gasteiger partial charge in [-0.15, -0.1) is 0 Å². The zero-order valence-electron chi connectivity index (χ0n) is 8.57. The zero-order valence-corrected chi connectivity index (χ0v) is 8.57. The maximum atomic E-state index is 5.97. The highest BCUT2D eigenvalue weighted by atomic mass is 16.5. The molecule has 4 heteroatoms. The van der Waals surface area contributed by atoms with Gasteiger partial charge in [-0.2, -0.15) is 0 Å². The minimum atomic E-state index is 0.125. The van der Waals surface area contributed by atoms with Crippen molar-refractivity contribution in [2.75, 3.05) is 13.7 Å². The molecule has 0 aromatic carbocycles. The van der Waals surface area contributed by atoms with Crippen molar-refractivity contribution in [1.82, 2.24) is 9.55 Å². The number of aryl methyl sites for hydroxylation is 1. The Bertz CT molecular complexity index is 308. The Balaban J connectivity index is 2.13. The second-order valence-electron chi connectivity index (χ2n) is 3.78. The van der Waals surface area contributed by atoms with E-state index in [-0.39, 0.29) is 6.04 Å². The number of ether oxygens (including phenoxy) is 1. The van der Waals surface area contributed by atoms with E-state index in [0.29, 0.717) is 0 Å². The molecule has 1 aromatic heterocycles. The monoisotopic (exact) mass is 195 g/mol. The van der Waals surface area contributed by atoms with E-state index in [4.69, 9.17) is 10.5 Å². The number of hydrogen-bond acceptors (Lipinski definition) is 3. The highest BCUT2D eigenvalue weighted by Crippen LogP contribution is 2.22. The Labute approximate surface area is 84.1 Å². The number of hydrogen-bond donors (Lipinski definition) is 1. The highest BCUT2D eigenvalue weighted by molar-refractivity contribution is 5.09. The van der Waals surface area contributed by atoms with Gasteiger partial charge in [0, 0.05) is 26.3 Å². The van der Waals surface area contributed by atoms with Crippen LogP contribution in [0.25, 0.3) is 0 Å². The van der Waals surface area contributed by atoms with Crippen molar-refractivity contribution in [1.29, 1.82) is 0 Å². The second kappa shape index (κ2) is 4.11. The summed E-state index contributed by atoms with van der Waals surface area (Å²) in [5.41, 5.74) is 7.07. The molecule has 0 spiro atoms. The quantitative estimate of drug-likeness (QED) is 0.778. The van der Waals surface area contributed by atoms with Crippen LogP contribution in [-0.2, 0) is 17.7 Å². The fourth-order valence-electron chi connectivity index (χ4n) is 1.90. The van der Waals surface area contributed by atoms with E-state index >= 15 is 0 Å². The molecule has 1 atom stereocenters. The molecule has 0 saturated heterocycles. The van der Waals surface area contributed by atoms with E-state index in [0.717, 1.165) is 43.9 Å². The van der Waals surface area contributed by atoms with Crippen LogP contribution in [0.2, 0.25) is 0 Å². The maximum absolute atomic E-state index is 5.97. The molecule has 2 N–H and O–H groups in total. The van der Waals surface area contributed by atoms with E-state index in [1.54, 1.807) is 7.11 Å². The molecule has 0 amide bonds. The van der Waals surface area contributed by atoms with E-state index < -0.39 is 0 Å². The predicted octanol–water partition coefficient (Wildman–Crippen LogP) is 0.866. The van der Waals surface area contributed by atoms with Crippen molar-refractivity contribution in [3.8, 4) is 0 Å². The molecule has 0 bridgehead atoms. The first kappa shape index (κ1) is 9.68. The summed E-state index contributed by atoms with van der Waals surface area (Å²) in [4.78, 5) is 4.53. The molecule has 1 aliphatic heterocycles. The molecule has 0 radical (unpaired) electrons. The first-order valence-corrected chi connectivity index (χ1v) is 5.11. The van der Waals surface area contributed by atoms with Crippen LogP contribution in [0.5, 0.6) is 0 Å². The summed E-state index contributed by atoms with van der Waals surface area (Å²) in [7, 11) is 1.71. The molecule has 78 valence electrons. The van der Waals surface area contributed by atoms with Gasteiger partial charge in [-0.3, -0.25) is 0 Å². The van der Waals surface area contributed by atoms with Gasteiger partial charge in [-0.1, -0.05) is 0 Å². The summed E-state index contributed by atoms with van der Waals surface area (Å²) in [5, 5.41) is 0. The number of fused-ring (bicyclic) bond motifs is 1. The lowest BCUT2D eigenvalue weighted by Crippen LogP contribution is -2.21. The van der Waals surface area contributed by atoms with Crippen LogP contribution in [0.15, 0.2) is 6.20 Å². The molecule has 0 aliphatic carbocycles. The molecular weight excluding hydrogens is 178 g/mol. The number of aromatic nitrogens is 2. The van der Waals surface area contributed by atoms with Crippen LogP contribution in [0, 0.1) is 0 Å². The molecule has 2 rings (SSSR count). The molecule has 1 unspecified atom stereocenters. The minimum absolute atomic E-state index is 0.125. The Morgan fingerprint density at radius 1 is 1.71 bits per heavy atom. The summed E-state index contributed by atoms with van der Waals surface area (Å²) < 4.78 is 7.20. The van der Waals surface area contributed by atoms with E-state index in [1.807, 2.05) is 0 Å². The summed E-state index contributed by atoms with van der Waals surface area (Å²) in [6.07, 6.45) is 5.20. The molecular formula is C10H17N3O. The van der Waals surface area contributed by atoms with Crippen LogP contribution in [0.4, 0.5) is 0 Å². The number of rotatable bonds is 3. The normalized spacial score (nSPS) is 20.9. The van der Waals surface area contributed by atoms with Gasteiger partial charge in [0.05, 0.1) is 18.3 Å². The Morgan fingerprint density at radius 2 is 2.57 bits per heavy atom. The summed E-state index contributed by atoms with van der Waals surface area (Å²) >= 11 is 0. The molecule has 1 aliphatic rings. The van der Waals surface area contributed by atoms with Gasteiger partial charge in [0.1, 0.15) is 5.82 Å². The van der Waals surface area contributed by atoms with Crippen molar-refractivity contribution in [2.45, 2.75) is 31.8 Å². The van der Waals surface area contributed by atoms with Crippen molar-refractivity contribution < 1.29 is 4.74 Å². The molecule has 2 heterocycles. The minimum Gasteiger partial charge on any atom is -0.384 e. The third kappa shape index (κ3) is 1.81. The van der Waals surface area contributed by atoms with E-state index in [9.17, 15) is 0 Å². The number of methoxy groups -OCH3 is 1. The molecule has 14 heavy (non-hydrogen) atoms. The van der Waals surface area contributed by atoms with Gasteiger partial charge >= 0.3 is 0 Å². The molecule has 4 nitrogen and oxygen atoms in total. The van der Waals surface area contributed by atoms with Crippen LogP contribution in [0.3, 0.4) is 0 Å². The fraction of sp³-hybridized carbons (Fsp3) is 0.700. The van der Waals surface area contributed by atoms with Crippen molar-refractivity contribution >= 4 is 0 Å². The maximum Gasteiger partial charge on any atom is 0.125 e. The van der Waals surface area contributed by atoms with Crippen molar-refractivity contribution in [2.24, 2.45) is 5.73 Å². The first-order valence-electron chi connectivity index (χ1n) is 5.11. The van der Waals surface area contributed by atoms with E-state index in [2.05, 4.69) is 15.7 Å². The van der Waals surface area contributed by atoms with Crippen LogP contribution < -0.4 is 5.73 Å². The lowest BCUT2D eigenvalue weighted by Gasteiger charge is -2.19. The van der Waals surface area contributed by atoms with Gasteiger partial charge in [0.2, 0.25) is 0 Å². The molecule has 0 fully saturated rings. The summed E-state index contributed by atoms with van der Waals surface area (Å²) in [6, 6.07) is 0.125. The Morgan fingerprint density at radius 3 is 3.29 bits per heavy atom. The van der Waals surface area contributed by atoms with Crippen molar-refractivity contribution in [3.63, 3.8) is 0 Å². The number of nitrogens with two attached hydrogens (primary N) is 1. The van der Waals surface area contributed by atoms with Gasteiger partial charge < -0.3 is 15.0 Å². The van der Waals surface area contributed by atoms with Crippen LogP contribution in [0.1, 0.15) is 30.4 Å². The summed E-state index contributed by atoms with van der Waals surface area (Å²) in [6.45, 7) is 1.79. The SMILES string of the molecule is COCCc1cn2c(n1)C(N)CCC2. The third-order valence-corrected chi connectivity index (χ3v) is 2.67. The van der Waals surface area contributed by atoms with Gasteiger partial charge in [-0.25, -0.2) is 4.98 Å². The Hall–Kier alpha value is -0.870. The number of nitrogens with zero attached hydrogens (tertiary/aromatic N) is 2. The standard InChI is InChI=1S/C10H17N3O/c1-14-6-4-8-7-13-5-2-3-9(11)10(13)12-8/h7,9H,2-6,11H2,1H3. The van der Waals surface area contributed by atoms with Gasteiger partial charge in [-0.05, 0) is 12.8 Å². The topological polar surface area (TPSA) is 53.1 Å². The lowest BCUT2D eigenvalue weighted by atomic mass is 10.1. The Kier molecular flexibility index (Phi) is 2.84. The molecule has 1 aromatic rings. The highest BCUT2D eigenvalue weighted by Gasteiger charge is 2.19. The third-order valence-electron chi connectivity index (χ3n) is 2.67. The number of imidazole rings is 1. The fourth-order valence-corrected chi connectivity index (χ4v) is 1.90. The van der Waals surface area contributed by atoms with Crippen molar-refractivity contribution in [3.05, 3.63) is 17.7 Å². The largest absolute Gasteiger partial charge is 0.384 e. The summed E-state index contributed by atoms with van der Waals surface area (Å²) in [5.74, 6) is 1.04. The zero-order chi connectivity index (χ0) is 9.97. The van der Waals surface area contributed by atoms with Crippen LogP contribution >= 0.6 is 0 Å². The molecule has 0 saturated carbocycles. The predicted molar refractivity (Wildman–Crippen MR) is 54.0 cm³/mol. The average molecular weight is 195 g/mol.